The van der Waals surface area contributed by atoms with Gasteiger partial charge in [-0.15, -0.1) is 0 Å². The number of ether oxygens (including phenoxy) is 1. The number of carbonyl (C=O) groups is 1. The van der Waals surface area contributed by atoms with E-state index < -0.39 is 5.76 Å². The average Bonchev–Trinajstić information content (AvgIpc) is 3.23. The average molecular weight is 406 g/mol. The molecule has 0 saturated carbocycles. The Morgan fingerprint density at radius 2 is 1.89 bits per heavy atom. The van der Waals surface area contributed by atoms with E-state index in [2.05, 4.69) is 10.2 Å². The topological polar surface area (TPSA) is 41.6 Å². The van der Waals surface area contributed by atoms with Gasteiger partial charge in [-0.05, 0) is 67.9 Å². The highest BCUT2D eigenvalue weighted by atomic mass is 32.2. The third kappa shape index (κ3) is 5.45. The van der Waals surface area contributed by atoms with Crippen molar-refractivity contribution in [2.45, 2.75) is 29.5 Å². The second-order valence-electron chi connectivity index (χ2n) is 6.65. The molecule has 1 fully saturated rings. The van der Waals surface area contributed by atoms with Gasteiger partial charge < -0.3 is 10.1 Å². The molecule has 7 heteroatoms. The Hall–Kier alpha value is -2.12. The first-order valence-electron chi connectivity index (χ1n) is 9.28. The highest BCUT2D eigenvalue weighted by molar-refractivity contribution is 7.99. The first-order valence-corrected chi connectivity index (χ1v) is 10.2. The number of carbonyl (C=O) groups excluding carboxylic acids is 1. The minimum Gasteiger partial charge on any atom is -0.497 e. The Morgan fingerprint density at radius 3 is 2.54 bits per heavy atom. The van der Waals surface area contributed by atoms with E-state index in [0.29, 0.717) is 28.8 Å². The molecule has 3 rings (SSSR count). The standard InChI is InChI=1S/C21H24F2N2O2S/c1-27-17-6-4-5-16(13-17)19(25-11-2-3-12-25)14-24-20(26)15-7-9-18(10-8-15)28-21(22)23/h4-10,13,19,21H,2-3,11-12,14H2,1H3,(H,24,26)/t19-/m1/s1. The van der Waals surface area contributed by atoms with Gasteiger partial charge in [0.05, 0.1) is 13.2 Å². The number of nitrogens with one attached hydrogen (secondary N) is 1. The summed E-state index contributed by atoms with van der Waals surface area (Å²) in [6.45, 7) is 2.47. The van der Waals surface area contributed by atoms with Gasteiger partial charge in [-0.25, -0.2) is 0 Å². The molecule has 1 aliphatic heterocycles. The van der Waals surface area contributed by atoms with Crippen molar-refractivity contribution in [1.82, 2.24) is 10.2 Å². The number of alkyl halides is 2. The summed E-state index contributed by atoms with van der Waals surface area (Å²) in [5.74, 6) is -1.88. The molecule has 2 aromatic rings. The maximum atomic E-state index is 12.5. The molecule has 1 aliphatic rings. The Bertz CT molecular complexity index is 780. The lowest BCUT2D eigenvalue weighted by Gasteiger charge is -2.28. The molecule has 1 atom stereocenters. The summed E-state index contributed by atoms with van der Waals surface area (Å²) < 4.78 is 30.2. The lowest BCUT2D eigenvalue weighted by molar-refractivity contribution is 0.0938. The molecular weight excluding hydrogens is 382 g/mol. The minimum atomic E-state index is -2.47. The number of rotatable bonds is 8. The van der Waals surface area contributed by atoms with Crippen molar-refractivity contribution in [3.8, 4) is 5.75 Å². The summed E-state index contributed by atoms with van der Waals surface area (Å²) in [6.07, 6.45) is 2.30. The number of nitrogens with zero attached hydrogens (tertiary/aromatic N) is 1. The van der Waals surface area contributed by atoms with E-state index in [9.17, 15) is 13.6 Å². The molecule has 0 aromatic heterocycles. The first kappa shape index (κ1) is 20.6. The highest BCUT2D eigenvalue weighted by Gasteiger charge is 2.24. The predicted octanol–water partition coefficient (Wildman–Crippen LogP) is 4.58. The SMILES string of the molecule is COc1cccc([C@@H](CNC(=O)c2ccc(SC(F)F)cc2)N2CCCC2)c1. The maximum absolute atomic E-state index is 12.5. The van der Waals surface area contributed by atoms with Gasteiger partial charge in [-0.1, -0.05) is 23.9 Å². The van der Waals surface area contributed by atoms with Gasteiger partial charge in [0, 0.05) is 17.0 Å². The molecule has 0 aliphatic carbocycles. The number of amides is 1. The summed E-state index contributed by atoms with van der Waals surface area (Å²) >= 11 is 0.471. The normalized spacial score (nSPS) is 15.6. The maximum Gasteiger partial charge on any atom is 0.288 e. The Kier molecular flexibility index (Phi) is 7.28. The lowest BCUT2D eigenvalue weighted by Crippen LogP contribution is -2.36. The smallest absolute Gasteiger partial charge is 0.288 e. The van der Waals surface area contributed by atoms with Gasteiger partial charge in [-0.2, -0.15) is 8.78 Å². The van der Waals surface area contributed by atoms with Crippen LogP contribution in [0.2, 0.25) is 0 Å². The van der Waals surface area contributed by atoms with Crippen molar-refractivity contribution in [2.24, 2.45) is 0 Å². The van der Waals surface area contributed by atoms with Crippen LogP contribution in [0.4, 0.5) is 8.78 Å². The molecule has 1 heterocycles. The monoisotopic (exact) mass is 406 g/mol. The number of methoxy groups -OCH3 is 1. The van der Waals surface area contributed by atoms with Gasteiger partial charge in [0.25, 0.3) is 11.7 Å². The second kappa shape index (κ2) is 9.89. The van der Waals surface area contributed by atoms with Crippen LogP contribution in [-0.2, 0) is 0 Å². The molecule has 0 radical (unpaired) electrons. The summed E-state index contributed by atoms with van der Waals surface area (Å²) in [4.78, 5) is 15.4. The van der Waals surface area contributed by atoms with Crippen molar-refractivity contribution in [1.29, 1.82) is 0 Å². The Morgan fingerprint density at radius 1 is 1.18 bits per heavy atom. The number of hydrogen-bond acceptors (Lipinski definition) is 4. The van der Waals surface area contributed by atoms with Gasteiger partial charge in [0.2, 0.25) is 0 Å². The largest absolute Gasteiger partial charge is 0.497 e. The molecule has 0 spiro atoms. The van der Waals surface area contributed by atoms with Crippen LogP contribution in [-0.4, -0.2) is 43.3 Å². The number of likely N-dealkylation sites (tertiary alicyclic amines) is 1. The van der Waals surface area contributed by atoms with E-state index in [-0.39, 0.29) is 11.9 Å². The van der Waals surface area contributed by atoms with Crippen molar-refractivity contribution < 1.29 is 18.3 Å². The van der Waals surface area contributed by atoms with Crippen LogP contribution < -0.4 is 10.1 Å². The summed E-state index contributed by atoms with van der Waals surface area (Å²) in [5.41, 5.74) is 1.56. The molecule has 4 nitrogen and oxygen atoms in total. The van der Waals surface area contributed by atoms with E-state index in [4.69, 9.17) is 4.74 Å². The van der Waals surface area contributed by atoms with E-state index >= 15 is 0 Å². The van der Waals surface area contributed by atoms with Crippen LogP contribution in [0, 0.1) is 0 Å². The summed E-state index contributed by atoms with van der Waals surface area (Å²) in [6, 6.07) is 14.2. The third-order valence-corrected chi connectivity index (χ3v) is 5.58. The zero-order valence-corrected chi connectivity index (χ0v) is 16.6. The summed E-state index contributed by atoms with van der Waals surface area (Å²) in [7, 11) is 1.64. The Balaban J connectivity index is 1.68. The van der Waals surface area contributed by atoms with Crippen LogP contribution >= 0.6 is 11.8 Å². The summed E-state index contributed by atoms with van der Waals surface area (Å²) in [5, 5.41) is 3.00. The zero-order valence-electron chi connectivity index (χ0n) is 15.7. The van der Waals surface area contributed by atoms with Gasteiger partial charge >= 0.3 is 0 Å². The molecule has 150 valence electrons. The van der Waals surface area contributed by atoms with Crippen molar-refractivity contribution in [3.63, 3.8) is 0 Å². The van der Waals surface area contributed by atoms with Crippen LogP contribution in [0.5, 0.6) is 5.75 Å². The van der Waals surface area contributed by atoms with Gasteiger partial charge in [0.1, 0.15) is 5.75 Å². The van der Waals surface area contributed by atoms with Gasteiger partial charge in [0.15, 0.2) is 0 Å². The molecule has 1 amide bonds. The minimum absolute atomic E-state index is 0.0650. The molecule has 2 aromatic carbocycles. The van der Waals surface area contributed by atoms with Crippen LogP contribution in [0.25, 0.3) is 0 Å². The first-order chi connectivity index (χ1) is 13.6. The van der Waals surface area contributed by atoms with Crippen molar-refractivity contribution in [2.75, 3.05) is 26.7 Å². The quantitative estimate of drug-likeness (QED) is 0.652. The number of halogens is 2. The van der Waals surface area contributed by atoms with Crippen LogP contribution in [0.1, 0.15) is 34.8 Å². The molecule has 0 unspecified atom stereocenters. The van der Waals surface area contributed by atoms with E-state index in [1.165, 1.54) is 0 Å². The van der Waals surface area contributed by atoms with E-state index in [1.807, 2.05) is 24.3 Å². The number of benzene rings is 2. The Labute approximate surface area is 168 Å². The highest BCUT2D eigenvalue weighted by Crippen LogP contribution is 2.28. The molecular formula is C21H24F2N2O2S. The van der Waals surface area contributed by atoms with Crippen LogP contribution in [0.3, 0.4) is 0 Å². The lowest BCUT2D eigenvalue weighted by atomic mass is 10.0. The fraction of sp³-hybridized carbons (Fsp3) is 0.381. The number of thioether (sulfide) groups is 1. The molecule has 1 saturated heterocycles. The third-order valence-electron chi connectivity index (χ3n) is 4.86. The fourth-order valence-electron chi connectivity index (χ4n) is 3.44. The second-order valence-corrected chi connectivity index (χ2v) is 7.71. The number of hydrogen-bond donors (Lipinski definition) is 1. The molecule has 0 bridgehead atoms. The zero-order chi connectivity index (χ0) is 19.9. The molecule has 1 N–H and O–H groups in total. The fourth-order valence-corrected chi connectivity index (χ4v) is 3.94. The van der Waals surface area contributed by atoms with Crippen molar-refractivity contribution in [3.05, 3.63) is 59.7 Å². The van der Waals surface area contributed by atoms with Crippen molar-refractivity contribution >= 4 is 17.7 Å². The van der Waals surface area contributed by atoms with Crippen LogP contribution in [0.15, 0.2) is 53.4 Å². The molecule has 28 heavy (non-hydrogen) atoms. The van der Waals surface area contributed by atoms with E-state index in [1.54, 1.807) is 31.4 Å². The predicted molar refractivity (Wildman–Crippen MR) is 107 cm³/mol. The van der Waals surface area contributed by atoms with E-state index in [0.717, 1.165) is 37.2 Å². The van der Waals surface area contributed by atoms with Gasteiger partial charge in [-0.3, -0.25) is 9.69 Å².